The Morgan fingerprint density at radius 3 is 2.08 bits per heavy atom. The van der Waals surface area contributed by atoms with Crippen molar-refractivity contribution in [3.63, 3.8) is 0 Å². The zero-order valence-corrected chi connectivity index (χ0v) is 17.8. The summed E-state index contributed by atoms with van der Waals surface area (Å²) in [6, 6.07) is 7.58. The van der Waals surface area contributed by atoms with Gasteiger partial charge in [0, 0.05) is 12.6 Å². The van der Waals surface area contributed by atoms with Gasteiger partial charge >= 0.3 is 0 Å². The van der Waals surface area contributed by atoms with Crippen molar-refractivity contribution >= 4 is 30.7 Å². The van der Waals surface area contributed by atoms with Gasteiger partial charge in [-0.3, -0.25) is 9.69 Å². The lowest BCUT2D eigenvalue weighted by atomic mass is 10.0. The van der Waals surface area contributed by atoms with Gasteiger partial charge in [0.15, 0.2) is 0 Å². The van der Waals surface area contributed by atoms with Crippen molar-refractivity contribution in [2.24, 2.45) is 11.7 Å². The molecule has 0 bridgehead atoms. The second-order valence-electron chi connectivity index (χ2n) is 6.64. The fraction of sp³-hybridized carbons (Fsp3) is 0.632. The molecular weight excluding hydrogens is 357 g/mol. The summed E-state index contributed by atoms with van der Waals surface area (Å²) >= 11 is 0. The van der Waals surface area contributed by atoms with E-state index in [0.29, 0.717) is 18.5 Å². The number of benzene rings is 1. The third kappa shape index (κ3) is 8.91. The third-order valence-corrected chi connectivity index (χ3v) is 4.30. The number of hydrogen-bond donors (Lipinski definition) is 2. The van der Waals surface area contributed by atoms with Crippen LogP contribution in [-0.2, 0) is 4.79 Å². The van der Waals surface area contributed by atoms with Crippen LogP contribution in [0.2, 0.25) is 0 Å². The molecular formula is C19H35Cl2N3O. The SMILES string of the molecule is CCN(CC)C(CNC(=O)C(N)c1ccc(C)cc1)CC(C)C.Cl.Cl. The number of rotatable bonds is 9. The van der Waals surface area contributed by atoms with Crippen molar-refractivity contribution in [2.45, 2.75) is 53.1 Å². The average Bonchev–Trinajstić information content (AvgIpc) is 2.52. The lowest BCUT2D eigenvalue weighted by Crippen LogP contribution is -2.46. The Bertz CT molecular complexity index is 476. The molecule has 25 heavy (non-hydrogen) atoms. The molecule has 0 aliphatic rings. The molecule has 0 saturated heterocycles. The van der Waals surface area contributed by atoms with E-state index >= 15 is 0 Å². The lowest BCUT2D eigenvalue weighted by molar-refractivity contribution is -0.122. The summed E-state index contributed by atoms with van der Waals surface area (Å²) in [5, 5.41) is 3.04. The van der Waals surface area contributed by atoms with Crippen LogP contribution in [0, 0.1) is 12.8 Å². The highest BCUT2D eigenvalue weighted by atomic mass is 35.5. The van der Waals surface area contributed by atoms with Gasteiger partial charge < -0.3 is 11.1 Å². The highest BCUT2D eigenvalue weighted by molar-refractivity contribution is 5.85. The summed E-state index contributed by atoms with van der Waals surface area (Å²) in [6.07, 6.45) is 1.07. The molecule has 0 radical (unpaired) electrons. The molecule has 1 aromatic rings. The average molecular weight is 392 g/mol. The monoisotopic (exact) mass is 391 g/mol. The van der Waals surface area contributed by atoms with Crippen LogP contribution in [0.1, 0.15) is 51.3 Å². The molecule has 0 fully saturated rings. The minimum absolute atomic E-state index is 0. The second kappa shape index (κ2) is 13.4. The van der Waals surface area contributed by atoms with Gasteiger partial charge in [-0.1, -0.05) is 57.5 Å². The highest BCUT2D eigenvalue weighted by Gasteiger charge is 2.20. The van der Waals surface area contributed by atoms with Crippen LogP contribution in [0.25, 0.3) is 0 Å². The first-order valence-corrected chi connectivity index (χ1v) is 8.72. The molecule has 2 unspecified atom stereocenters. The molecule has 1 rings (SSSR count). The van der Waals surface area contributed by atoms with E-state index in [-0.39, 0.29) is 30.7 Å². The predicted molar refractivity (Wildman–Crippen MR) is 112 cm³/mol. The van der Waals surface area contributed by atoms with Crippen LogP contribution in [0.3, 0.4) is 0 Å². The summed E-state index contributed by atoms with van der Waals surface area (Å²) in [7, 11) is 0. The molecule has 0 aliphatic heterocycles. The van der Waals surface area contributed by atoms with Crippen molar-refractivity contribution in [3.8, 4) is 0 Å². The number of aryl methyl sites for hydroxylation is 1. The summed E-state index contributed by atoms with van der Waals surface area (Å²) < 4.78 is 0. The quantitative estimate of drug-likeness (QED) is 0.674. The first-order chi connectivity index (χ1) is 10.9. The van der Waals surface area contributed by atoms with Crippen LogP contribution in [0.4, 0.5) is 0 Å². The van der Waals surface area contributed by atoms with E-state index in [2.05, 4.69) is 37.9 Å². The van der Waals surface area contributed by atoms with Gasteiger partial charge in [-0.2, -0.15) is 0 Å². The Labute approximate surface area is 165 Å². The number of hydrogen-bond acceptors (Lipinski definition) is 3. The largest absolute Gasteiger partial charge is 0.353 e. The molecule has 1 aromatic carbocycles. The topological polar surface area (TPSA) is 58.4 Å². The lowest BCUT2D eigenvalue weighted by Gasteiger charge is -2.31. The van der Waals surface area contributed by atoms with E-state index in [1.165, 1.54) is 5.56 Å². The van der Waals surface area contributed by atoms with Crippen molar-refractivity contribution in [2.75, 3.05) is 19.6 Å². The van der Waals surface area contributed by atoms with Crippen molar-refractivity contribution < 1.29 is 4.79 Å². The molecule has 146 valence electrons. The first-order valence-electron chi connectivity index (χ1n) is 8.72. The second-order valence-corrected chi connectivity index (χ2v) is 6.64. The van der Waals surface area contributed by atoms with Crippen LogP contribution >= 0.6 is 24.8 Å². The summed E-state index contributed by atoms with van der Waals surface area (Å²) in [5.41, 5.74) is 8.12. The van der Waals surface area contributed by atoms with Crippen LogP contribution in [0.5, 0.6) is 0 Å². The number of carbonyl (C=O) groups is 1. The number of nitrogens with zero attached hydrogens (tertiary/aromatic N) is 1. The van der Waals surface area contributed by atoms with Gasteiger partial charge in [-0.25, -0.2) is 0 Å². The molecule has 4 nitrogen and oxygen atoms in total. The fourth-order valence-corrected chi connectivity index (χ4v) is 2.90. The maximum Gasteiger partial charge on any atom is 0.241 e. The van der Waals surface area contributed by atoms with Crippen molar-refractivity contribution in [1.29, 1.82) is 0 Å². The van der Waals surface area contributed by atoms with Crippen molar-refractivity contribution in [3.05, 3.63) is 35.4 Å². The number of carbonyl (C=O) groups excluding carboxylic acids is 1. The number of nitrogens with one attached hydrogen (secondary N) is 1. The van der Waals surface area contributed by atoms with Crippen LogP contribution in [0.15, 0.2) is 24.3 Å². The zero-order valence-electron chi connectivity index (χ0n) is 16.1. The molecule has 0 heterocycles. The van der Waals surface area contributed by atoms with E-state index in [0.717, 1.165) is 25.1 Å². The maximum atomic E-state index is 12.4. The van der Waals surface area contributed by atoms with Gasteiger partial charge in [0.2, 0.25) is 5.91 Å². The number of nitrogens with two attached hydrogens (primary N) is 1. The van der Waals surface area contributed by atoms with Gasteiger partial charge in [0.1, 0.15) is 6.04 Å². The minimum atomic E-state index is -0.605. The Kier molecular flexibility index (Phi) is 14.2. The maximum absolute atomic E-state index is 12.4. The zero-order chi connectivity index (χ0) is 17.4. The molecule has 0 spiro atoms. The molecule has 3 N–H and O–H groups in total. The smallest absolute Gasteiger partial charge is 0.241 e. The summed E-state index contributed by atoms with van der Waals surface area (Å²) in [4.78, 5) is 14.8. The molecule has 1 amide bonds. The number of amides is 1. The van der Waals surface area contributed by atoms with E-state index in [9.17, 15) is 4.79 Å². The van der Waals surface area contributed by atoms with Gasteiger partial charge in [0.25, 0.3) is 0 Å². The predicted octanol–water partition coefficient (Wildman–Crippen LogP) is 3.71. The van der Waals surface area contributed by atoms with Crippen LogP contribution < -0.4 is 11.1 Å². The fourth-order valence-electron chi connectivity index (χ4n) is 2.90. The first kappa shape index (κ1) is 26.4. The number of likely N-dealkylation sites (N-methyl/N-ethyl adjacent to an activating group) is 1. The van der Waals surface area contributed by atoms with Crippen LogP contribution in [-0.4, -0.2) is 36.5 Å². The summed E-state index contributed by atoms with van der Waals surface area (Å²) in [6.45, 7) is 13.4. The standard InChI is InChI=1S/C19H33N3O.2ClH/c1-6-22(7-2)17(12-14(3)4)13-21-19(23)18(20)16-10-8-15(5)9-11-16;;/h8-11,14,17-18H,6-7,12-13,20H2,1-5H3,(H,21,23);2*1H. The summed E-state index contributed by atoms with van der Waals surface area (Å²) in [5.74, 6) is 0.498. The van der Waals surface area contributed by atoms with E-state index in [1.807, 2.05) is 31.2 Å². The Morgan fingerprint density at radius 2 is 1.64 bits per heavy atom. The molecule has 0 saturated carbocycles. The number of halogens is 2. The highest BCUT2D eigenvalue weighted by Crippen LogP contribution is 2.13. The van der Waals surface area contributed by atoms with E-state index in [4.69, 9.17) is 5.73 Å². The minimum Gasteiger partial charge on any atom is -0.353 e. The molecule has 0 aromatic heterocycles. The van der Waals surface area contributed by atoms with E-state index < -0.39 is 6.04 Å². The third-order valence-electron chi connectivity index (χ3n) is 4.30. The Hall–Kier alpha value is -0.810. The van der Waals surface area contributed by atoms with Crippen molar-refractivity contribution in [1.82, 2.24) is 10.2 Å². The molecule has 2 atom stereocenters. The molecule has 6 heteroatoms. The molecule has 0 aliphatic carbocycles. The van der Waals surface area contributed by atoms with Gasteiger partial charge in [-0.05, 0) is 37.9 Å². The van der Waals surface area contributed by atoms with E-state index in [1.54, 1.807) is 0 Å². The normalized spacial score (nSPS) is 13.0. The Balaban J connectivity index is 0. The van der Waals surface area contributed by atoms with Gasteiger partial charge in [0.05, 0.1) is 0 Å². The Morgan fingerprint density at radius 1 is 1.12 bits per heavy atom. The van der Waals surface area contributed by atoms with Gasteiger partial charge in [-0.15, -0.1) is 24.8 Å².